The summed E-state index contributed by atoms with van der Waals surface area (Å²) in [6, 6.07) is 0. The largest absolute Gasteiger partial charge is 0.0848 e. The van der Waals surface area contributed by atoms with Gasteiger partial charge >= 0.3 is 0 Å². The minimum absolute atomic E-state index is 0.838. The van der Waals surface area contributed by atoms with Crippen LogP contribution in [-0.4, -0.2) is 0 Å². The molecule has 0 bridgehead atoms. The molecule has 0 aliphatic heterocycles. The average Bonchev–Trinajstić information content (AvgIpc) is 2.46. The molecule has 0 amide bonds. The third-order valence-corrected chi connectivity index (χ3v) is 6.02. The monoisotopic (exact) mass is 276 g/mol. The summed E-state index contributed by atoms with van der Waals surface area (Å²) in [6.45, 7) is 9.59. The van der Waals surface area contributed by atoms with Gasteiger partial charge in [0.25, 0.3) is 0 Å². The Kier molecular flexibility index (Phi) is 6.18. The van der Waals surface area contributed by atoms with Crippen LogP contribution in [-0.2, 0) is 0 Å². The van der Waals surface area contributed by atoms with Gasteiger partial charge in [0.15, 0.2) is 0 Å². The van der Waals surface area contributed by atoms with E-state index >= 15 is 0 Å². The Morgan fingerprint density at radius 2 is 1.65 bits per heavy atom. The van der Waals surface area contributed by atoms with Gasteiger partial charge in [-0.25, -0.2) is 0 Å². The van der Waals surface area contributed by atoms with E-state index in [-0.39, 0.29) is 0 Å². The molecule has 1 fully saturated rings. The first-order valence-electron chi connectivity index (χ1n) is 9.25. The Bertz CT molecular complexity index is 304. The zero-order valence-corrected chi connectivity index (χ0v) is 14.3. The number of rotatable bonds is 5. The van der Waals surface area contributed by atoms with E-state index < -0.39 is 0 Å². The van der Waals surface area contributed by atoms with Gasteiger partial charge in [-0.05, 0) is 68.1 Å². The zero-order chi connectivity index (χ0) is 14.5. The van der Waals surface area contributed by atoms with Crippen LogP contribution in [0.15, 0.2) is 11.6 Å². The predicted molar refractivity (Wildman–Crippen MR) is 89.8 cm³/mol. The Hall–Kier alpha value is -0.260. The van der Waals surface area contributed by atoms with Gasteiger partial charge in [0.1, 0.15) is 0 Å². The molecule has 0 radical (unpaired) electrons. The van der Waals surface area contributed by atoms with Gasteiger partial charge in [0.05, 0.1) is 0 Å². The second-order valence-corrected chi connectivity index (χ2v) is 8.21. The molecule has 0 aromatic heterocycles. The van der Waals surface area contributed by atoms with Gasteiger partial charge in [-0.15, -0.1) is 0 Å². The summed E-state index contributed by atoms with van der Waals surface area (Å²) in [6.07, 6.45) is 15.7. The van der Waals surface area contributed by atoms with Crippen molar-refractivity contribution in [3.8, 4) is 0 Å². The van der Waals surface area contributed by atoms with E-state index in [1.807, 2.05) is 0 Å². The topological polar surface area (TPSA) is 0 Å². The van der Waals surface area contributed by atoms with E-state index in [1.165, 1.54) is 57.8 Å². The third-order valence-electron chi connectivity index (χ3n) is 6.02. The molecule has 0 spiro atoms. The van der Waals surface area contributed by atoms with Gasteiger partial charge in [-0.3, -0.25) is 0 Å². The Labute approximate surface area is 127 Å². The predicted octanol–water partition coefficient (Wildman–Crippen LogP) is 6.61. The molecule has 2 atom stereocenters. The second kappa shape index (κ2) is 7.66. The summed E-state index contributed by atoms with van der Waals surface area (Å²) in [4.78, 5) is 0. The molecule has 0 heteroatoms. The fourth-order valence-corrected chi connectivity index (χ4v) is 4.28. The molecule has 0 nitrogen and oxygen atoms in total. The molecule has 1 saturated carbocycles. The van der Waals surface area contributed by atoms with Crippen molar-refractivity contribution >= 4 is 0 Å². The lowest BCUT2D eigenvalue weighted by atomic mass is 9.70. The second-order valence-electron chi connectivity index (χ2n) is 8.21. The van der Waals surface area contributed by atoms with Crippen LogP contribution in [0.25, 0.3) is 0 Å². The molecule has 116 valence electrons. The molecule has 2 rings (SSSR count). The van der Waals surface area contributed by atoms with Crippen LogP contribution in [0.5, 0.6) is 0 Å². The molecule has 2 unspecified atom stereocenters. The quantitative estimate of drug-likeness (QED) is 0.495. The maximum Gasteiger partial charge on any atom is -0.0232 e. The van der Waals surface area contributed by atoms with E-state index in [4.69, 9.17) is 0 Å². The van der Waals surface area contributed by atoms with Crippen LogP contribution in [0.4, 0.5) is 0 Å². The standard InChI is InChI=1S/C20H36/c1-15(2)5-8-17(4)18-11-13-20(14-12-18)19-9-6-16(3)7-10-19/h11,15-17,19-20H,5-10,12-14H2,1-4H3. The van der Waals surface area contributed by atoms with E-state index in [0.29, 0.717) is 0 Å². The highest BCUT2D eigenvalue weighted by atomic mass is 14.3. The lowest BCUT2D eigenvalue weighted by Gasteiger charge is -2.35. The van der Waals surface area contributed by atoms with Crippen molar-refractivity contribution in [2.45, 2.75) is 85.5 Å². The van der Waals surface area contributed by atoms with Crippen LogP contribution in [0.1, 0.15) is 85.5 Å². The van der Waals surface area contributed by atoms with E-state index in [2.05, 4.69) is 33.8 Å². The highest BCUT2D eigenvalue weighted by Gasteiger charge is 2.27. The van der Waals surface area contributed by atoms with Crippen molar-refractivity contribution in [1.29, 1.82) is 0 Å². The van der Waals surface area contributed by atoms with Gasteiger partial charge < -0.3 is 0 Å². The maximum absolute atomic E-state index is 2.64. The smallest absolute Gasteiger partial charge is 0.0232 e. The number of hydrogen-bond acceptors (Lipinski definition) is 0. The van der Waals surface area contributed by atoms with Crippen LogP contribution in [0, 0.1) is 29.6 Å². The summed E-state index contributed by atoms with van der Waals surface area (Å²) in [5, 5.41) is 0. The fraction of sp³-hybridized carbons (Fsp3) is 0.900. The molecule has 0 aromatic carbocycles. The molecule has 20 heavy (non-hydrogen) atoms. The van der Waals surface area contributed by atoms with Crippen molar-refractivity contribution in [2.24, 2.45) is 29.6 Å². The first-order valence-corrected chi connectivity index (χ1v) is 9.25. The summed E-state index contributed by atoms with van der Waals surface area (Å²) < 4.78 is 0. The Morgan fingerprint density at radius 3 is 2.20 bits per heavy atom. The van der Waals surface area contributed by atoms with E-state index in [9.17, 15) is 0 Å². The van der Waals surface area contributed by atoms with Crippen molar-refractivity contribution in [2.75, 3.05) is 0 Å². The normalized spacial score (nSPS) is 33.0. The lowest BCUT2D eigenvalue weighted by molar-refractivity contribution is 0.198. The van der Waals surface area contributed by atoms with Gasteiger partial charge in [0, 0.05) is 0 Å². The van der Waals surface area contributed by atoms with Gasteiger partial charge in [-0.1, -0.05) is 58.6 Å². The van der Waals surface area contributed by atoms with Crippen molar-refractivity contribution < 1.29 is 0 Å². The Balaban J connectivity index is 1.78. The molecule has 0 saturated heterocycles. The highest BCUT2D eigenvalue weighted by Crippen LogP contribution is 2.40. The van der Waals surface area contributed by atoms with Crippen molar-refractivity contribution in [3.05, 3.63) is 11.6 Å². The molecule has 2 aliphatic rings. The minimum Gasteiger partial charge on any atom is -0.0848 e. The van der Waals surface area contributed by atoms with Crippen LogP contribution in [0.3, 0.4) is 0 Å². The average molecular weight is 277 g/mol. The molecular formula is C20H36. The fourth-order valence-electron chi connectivity index (χ4n) is 4.28. The minimum atomic E-state index is 0.838. The van der Waals surface area contributed by atoms with Crippen molar-refractivity contribution in [1.82, 2.24) is 0 Å². The van der Waals surface area contributed by atoms with Crippen LogP contribution >= 0.6 is 0 Å². The SMILES string of the molecule is CC(C)CCC(C)C1=CCC(C2CCC(C)CC2)CC1. The Morgan fingerprint density at radius 1 is 0.950 bits per heavy atom. The number of hydrogen-bond donors (Lipinski definition) is 0. The highest BCUT2D eigenvalue weighted by molar-refractivity contribution is 5.10. The van der Waals surface area contributed by atoms with E-state index in [1.54, 1.807) is 5.57 Å². The summed E-state index contributed by atoms with van der Waals surface area (Å²) in [5.41, 5.74) is 1.78. The van der Waals surface area contributed by atoms with Gasteiger partial charge in [-0.2, -0.15) is 0 Å². The lowest BCUT2D eigenvalue weighted by Crippen LogP contribution is -2.23. The van der Waals surface area contributed by atoms with Crippen LogP contribution in [0.2, 0.25) is 0 Å². The van der Waals surface area contributed by atoms with E-state index in [0.717, 1.165) is 29.6 Å². The molecule has 2 aliphatic carbocycles. The first kappa shape index (κ1) is 16.1. The summed E-state index contributed by atoms with van der Waals surface area (Å²) in [7, 11) is 0. The third kappa shape index (κ3) is 4.64. The van der Waals surface area contributed by atoms with Crippen LogP contribution < -0.4 is 0 Å². The molecular weight excluding hydrogens is 240 g/mol. The van der Waals surface area contributed by atoms with Crippen molar-refractivity contribution in [3.63, 3.8) is 0 Å². The first-order chi connectivity index (χ1) is 9.56. The molecule has 0 aromatic rings. The van der Waals surface area contributed by atoms with Gasteiger partial charge in [0.2, 0.25) is 0 Å². The zero-order valence-electron chi connectivity index (χ0n) is 14.3. The molecule has 0 heterocycles. The molecule has 0 N–H and O–H groups in total. The number of allylic oxidation sites excluding steroid dienone is 2. The summed E-state index contributed by atoms with van der Waals surface area (Å²) in [5.74, 6) is 4.76. The maximum atomic E-state index is 2.64. The summed E-state index contributed by atoms with van der Waals surface area (Å²) >= 11 is 0.